The van der Waals surface area contributed by atoms with Gasteiger partial charge in [-0.05, 0) is 36.9 Å². The number of halogens is 1. The van der Waals surface area contributed by atoms with Crippen LogP contribution in [-0.4, -0.2) is 9.97 Å². The number of H-pyrrole nitrogens is 1. The van der Waals surface area contributed by atoms with Crippen LogP contribution in [0.1, 0.15) is 37.3 Å². The van der Waals surface area contributed by atoms with Crippen LogP contribution in [-0.2, 0) is 0 Å². The molecule has 0 unspecified atom stereocenters. The van der Waals surface area contributed by atoms with Crippen LogP contribution in [0.5, 0.6) is 0 Å². The number of aromatic nitrogens is 2. The summed E-state index contributed by atoms with van der Waals surface area (Å²) < 4.78 is 0. The summed E-state index contributed by atoms with van der Waals surface area (Å²) in [5.74, 6) is 0.631. The topological polar surface area (TPSA) is 57.8 Å². The summed E-state index contributed by atoms with van der Waals surface area (Å²) in [5.41, 5.74) is 1.87. The predicted octanol–water partition coefficient (Wildman–Crippen LogP) is 5.78. The van der Waals surface area contributed by atoms with E-state index >= 15 is 0 Å². The standard InChI is InChI=1S/C20H18ClN3OS2/c1-11(13-6-3-4-7-15(13)21)22-12(2)18-23-19(25)17-14(10-27-20(17)24-18)16-8-5-9-26-16/h3-12,22H,1-2H3,(H,23,24,25)/t11-,12+/m0/s1. The molecule has 2 N–H and O–H groups in total. The van der Waals surface area contributed by atoms with Crippen molar-refractivity contribution in [3.63, 3.8) is 0 Å². The highest BCUT2D eigenvalue weighted by Crippen LogP contribution is 2.34. The molecule has 0 amide bonds. The summed E-state index contributed by atoms with van der Waals surface area (Å²) in [5, 5.41) is 8.87. The van der Waals surface area contributed by atoms with Gasteiger partial charge in [0.2, 0.25) is 0 Å². The SMILES string of the molecule is C[C@H](N[C@H](C)c1nc2scc(-c3cccs3)c2c(=O)[nH]1)c1ccccc1Cl. The first-order valence-electron chi connectivity index (χ1n) is 8.60. The number of rotatable bonds is 5. The van der Waals surface area contributed by atoms with Crippen molar-refractivity contribution < 1.29 is 0 Å². The molecule has 0 fully saturated rings. The van der Waals surface area contributed by atoms with Crippen LogP contribution in [0.3, 0.4) is 0 Å². The molecule has 138 valence electrons. The smallest absolute Gasteiger partial charge is 0.260 e. The van der Waals surface area contributed by atoms with Gasteiger partial charge in [-0.25, -0.2) is 4.98 Å². The number of fused-ring (bicyclic) bond motifs is 1. The number of nitrogens with zero attached hydrogens (tertiary/aromatic N) is 1. The maximum atomic E-state index is 12.8. The molecule has 4 nitrogen and oxygen atoms in total. The van der Waals surface area contributed by atoms with E-state index in [9.17, 15) is 4.79 Å². The zero-order valence-electron chi connectivity index (χ0n) is 14.8. The maximum Gasteiger partial charge on any atom is 0.260 e. The first-order chi connectivity index (χ1) is 13.0. The van der Waals surface area contributed by atoms with Gasteiger partial charge in [0.25, 0.3) is 5.56 Å². The summed E-state index contributed by atoms with van der Waals surface area (Å²) in [6.45, 7) is 4.04. The van der Waals surface area contributed by atoms with Crippen LogP contribution < -0.4 is 10.9 Å². The Morgan fingerprint density at radius 1 is 1.11 bits per heavy atom. The van der Waals surface area contributed by atoms with Gasteiger partial charge in [0, 0.05) is 26.9 Å². The van der Waals surface area contributed by atoms with E-state index < -0.39 is 0 Å². The monoisotopic (exact) mass is 415 g/mol. The molecule has 0 radical (unpaired) electrons. The van der Waals surface area contributed by atoms with Crippen molar-refractivity contribution >= 4 is 44.5 Å². The molecule has 1 aromatic carbocycles. The molecule has 0 aliphatic carbocycles. The lowest BCUT2D eigenvalue weighted by Gasteiger charge is -2.20. The van der Waals surface area contributed by atoms with Gasteiger partial charge in [-0.2, -0.15) is 0 Å². The van der Waals surface area contributed by atoms with Crippen molar-refractivity contribution in [3.05, 3.63) is 73.9 Å². The minimum absolute atomic E-state index is 0.0275. The fourth-order valence-corrected chi connectivity index (χ4v) is 5.22. The largest absolute Gasteiger partial charge is 0.309 e. The molecular weight excluding hydrogens is 398 g/mol. The summed E-state index contributed by atoms with van der Waals surface area (Å²) in [6, 6.07) is 11.7. The van der Waals surface area contributed by atoms with Crippen LogP contribution in [0, 0.1) is 0 Å². The van der Waals surface area contributed by atoms with Gasteiger partial charge in [-0.15, -0.1) is 22.7 Å². The Morgan fingerprint density at radius 2 is 1.93 bits per heavy atom. The fourth-order valence-electron chi connectivity index (χ4n) is 3.15. The number of hydrogen-bond acceptors (Lipinski definition) is 5. The van der Waals surface area contributed by atoms with Gasteiger partial charge in [-0.1, -0.05) is 35.9 Å². The molecule has 7 heteroatoms. The van der Waals surface area contributed by atoms with Crippen LogP contribution in [0.25, 0.3) is 20.7 Å². The second-order valence-corrected chi connectivity index (χ2v) is 8.60. The Balaban J connectivity index is 1.64. The van der Waals surface area contributed by atoms with Crippen LogP contribution in [0.2, 0.25) is 5.02 Å². The molecule has 0 spiro atoms. The minimum Gasteiger partial charge on any atom is -0.309 e. The number of hydrogen-bond donors (Lipinski definition) is 2. The summed E-state index contributed by atoms with van der Waals surface area (Å²) in [4.78, 5) is 22.3. The molecule has 0 aliphatic heterocycles. The highest BCUT2D eigenvalue weighted by atomic mass is 35.5. The number of aromatic amines is 1. The van der Waals surface area contributed by atoms with E-state index in [-0.39, 0.29) is 17.6 Å². The first-order valence-corrected chi connectivity index (χ1v) is 10.7. The van der Waals surface area contributed by atoms with Gasteiger partial charge >= 0.3 is 0 Å². The lowest BCUT2D eigenvalue weighted by atomic mass is 10.1. The third-order valence-corrected chi connectivity index (χ3v) is 6.65. The van der Waals surface area contributed by atoms with Gasteiger partial charge in [0.05, 0.1) is 11.4 Å². The van der Waals surface area contributed by atoms with Crippen LogP contribution in [0.15, 0.2) is 52.0 Å². The van der Waals surface area contributed by atoms with Crippen LogP contribution in [0.4, 0.5) is 0 Å². The average Bonchev–Trinajstić information content (AvgIpc) is 3.31. The highest BCUT2D eigenvalue weighted by molar-refractivity contribution is 7.18. The molecule has 0 saturated carbocycles. The average molecular weight is 416 g/mol. The quantitative estimate of drug-likeness (QED) is 0.434. The molecule has 4 aromatic rings. The van der Waals surface area contributed by atoms with E-state index in [0.717, 1.165) is 25.9 Å². The van der Waals surface area contributed by atoms with E-state index in [0.29, 0.717) is 11.2 Å². The van der Waals surface area contributed by atoms with Crippen molar-refractivity contribution in [1.29, 1.82) is 0 Å². The fraction of sp³-hybridized carbons (Fsp3) is 0.200. The number of thiophene rings is 2. The molecule has 2 atom stereocenters. The van der Waals surface area contributed by atoms with Crippen molar-refractivity contribution in [2.45, 2.75) is 25.9 Å². The molecule has 0 aliphatic rings. The molecule has 4 rings (SSSR count). The van der Waals surface area contributed by atoms with Gasteiger partial charge in [0.15, 0.2) is 0 Å². The first kappa shape index (κ1) is 18.4. The van der Waals surface area contributed by atoms with E-state index in [1.807, 2.05) is 61.0 Å². The minimum atomic E-state index is -0.124. The van der Waals surface area contributed by atoms with Crippen molar-refractivity contribution in [1.82, 2.24) is 15.3 Å². The van der Waals surface area contributed by atoms with Crippen molar-refractivity contribution in [3.8, 4) is 10.4 Å². The Morgan fingerprint density at radius 3 is 2.67 bits per heavy atom. The zero-order valence-corrected chi connectivity index (χ0v) is 17.2. The second-order valence-electron chi connectivity index (χ2n) is 6.39. The lowest BCUT2D eigenvalue weighted by Crippen LogP contribution is -2.26. The molecule has 3 heterocycles. The Bertz CT molecular complexity index is 1130. The lowest BCUT2D eigenvalue weighted by molar-refractivity contribution is 0.477. The maximum absolute atomic E-state index is 12.8. The predicted molar refractivity (Wildman–Crippen MR) is 115 cm³/mol. The van der Waals surface area contributed by atoms with E-state index in [2.05, 4.69) is 10.3 Å². The third kappa shape index (κ3) is 3.58. The molecule has 0 saturated heterocycles. The second kappa shape index (κ2) is 7.56. The van der Waals surface area contributed by atoms with E-state index in [1.165, 1.54) is 11.3 Å². The third-order valence-electron chi connectivity index (χ3n) is 4.53. The summed E-state index contributed by atoms with van der Waals surface area (Å²) >= 11 is 9.42. The Kier molecular flexibility index (Phi) is 5.14. The molecular formula is C20H18ClN3OS2. The van der Waals surface area contributed by atoms with Crippen molar-refractivity contribution in [2.75, 3.05) is 0 Å². The Hall–Kier alpha value is -1.99. The Labute approximate surface area is 169 Å². The van der Waals surface area contributed by atoms with Crippen LogP contribution >= 0.6 is 34.3 Å². The van der Waals surface area contributed by atoms with Crippen molar-refractivity contribution in [2.24, 2.45) is 0 Å². The van der Waals surface area contributed by atoms with Gasteiger partial charge in [-0.3, -0.25) is 4.79 Å². The zero-order chi connectivity index (χ0) is 19.0. The number of benzene rings is 1. The van der Waals surface area contributed by atoms with Gasteiger partial charge < -0.3 is 10.3 Å². The summed E-state index contributed by atoms with van der Waals surface area (Å²) in [7, 11) is 0. The molecule has 0 bridgehead atoms. The van der Waals surface area contributed by atoms with Gasteiger partial charge in [0.1, 0.15) is 10.7 Å². The van der Waals surface area contributed by atoms with E-state index in [1.54, 1.807) is 11.3 Å². The number of nitrogens with one attached hydrogen (secondary N) is 2. The van der Waals surface area contributed by atoms with E-state index in [4.69, 9.17) is 16.6 Å². The normalized spacial score (nSPS) is 13.7. The highest BCUT2D eigenvalue weighted by Gasteiger charge is 2.18. The summed E-state index contributed by atoms with van der Waals surface area (Å²) in [6.07, 6.45) is 0. The molecule has 27 heavy (non-hydrogen) atoms. The molecule has 3 aromatic heterocycles.